The van der Waals surface area contributed by atoms with E-state index in [1.807, 2.05) is 19.9 Å². The summed E-state index contributed by atoms with van der Waals surface area (Å²) in [5.74, 6) is -0.0348. The van der Waals surface area contributed by atoms with E-state index < -0.39 is 10.1 Å². The van der Waals surface area contributed by atoms with E-state index in [2.05, 4.69) is 0 Å². The number of halogens is 1. The van der Waals surface area contributed by atoms with Crippen molar-refractivity contribution in [2.45, 2.75) is 39.8 Å². The summed E-state index contributed by atoms with van der Waals surface area (Å²) in [6.07, 6.45) is 0.774. The zero-order chi connectivity index (χ0) is 20.0. The average molecular weight is 410 g/mol. The first kappa shape index (κ1) is 21.3. The molecule has 1 amide bonds. The van der Waals surface area contributed by atoms with E-state index in [1.54, 1.807) is 47.4 Å². The van der Waals surface area contributed by atoms with Crippen molar-refractivity contribution >= 4 is 27.6 Å². The maximum atomic E-state index is 13.0. The van der Waals surface area contributed by atoms with Crippen molar-refractivity contribution in [1.82, 2.24) is 4.90 Å². The number of hydrogen-bond acceptors (Lipinski definition) is 4. The molecule has 0 saturated carbocycles. The van der Waals surface area contributed by atoms with Crippen LogP contribution in [0.3, 0.4) is 0 Å². The summed E-state index contributed by atoms with van der Waals surface area (Å²) in [5.41, 5.74) is 1.22. The van der Waals surface area contributed by atoms with Crippen molar-refractivity contribution in [3.8, 4) is 5.75 Å². The highest BCUT2D eigenvalue weighted by atomic mass is 35.5. The van der Waals surface area contributed by atoms with Crippen molar-refractivity contribution in [2.24, 2.45) is 0 Å². The van der Waals surface area contributed by atoms with Gasteiger partial charge in [0.15, 0.2) is 0 Å². The number of rotatable bonds is 8. The fourth-order valence-corrected chi connectivity index (χ4v) is 3.27. The van der Waals surface area contributed by atoms with E-state index in [0.717, 1.165) is 12.0 Å². The van der Waals surface area contributed by atoms with Crippen LogP contribution in [0.2, 0.25) is 5.02 Å². The molecule has 0 aliphatic carbocycles. The van der Waals surface area contributed by atoms with Gasteiger partial charge in [0.2, 0.25) is 0 Å². The maximum Gasteiger partial charge on any atom is 0.308 e. The summed E-state index contributed by atoms with van der Waals surface area (Å²) < 4.78 is 28.4. The normalized spacial score (nSPS) is 12.4. The zero-order valence-corrected chi connectivity index (χ0v) is 17.3. The van der Waals surface area contributed by atoms with Crippen LogP contribution in [0.25, 0.3) is 0 Å². The molecule has 0 aliphatic heterocycles. The molecule has 0 heterocycles. The van der Waals surface area contributed by atoms with Gasteiger partial charge < -0.3 is 9.08 Å². The van der Waals surface area contributed by atoms with E-state index in [1.165, 1.54) is 6.92 Å². The summed E-state index contributed by atoms with van der Waals surface area (Å²) in [7, 11) is -3.60. The second-order valence-electron chi connectivity index (χ2n) is 6.25. The second kappa shape index (κ2) is 9.24. The van der Waals surface area contributed by atoms with Gasteiger partial charge >= 0.3 is 10.1 Å². The number of hydrogen-bond donors (Lipinski definition) is 0. The largest absolute Gasteiger partial charge is 0.382 e. The Morgan fingerprint density at radius 3 is 2.48 bits per heavy atom. The van der Waals surface area contributed by atoms with Gasteiger partial charge in [0.05, 0.1) is 16.3 Å². The molecule has 1 unspecified atom stereocenters. The Labute approximate surface area is 166 Å². The summed E-state index contributed by atoms with van der Waals surface area (Å²) in [5, 5.41) is 0.405. The third-order valence-corrected chi connectivity index (χ3v) is 5.80. The summed E-state index contributed by atoms with van der Waals surface area (Å²) in [4.78, 5) is 14.8. The number of carbonyl (C=O) groups is 1. The van der Waals surface area contributed by atoms with Gasteiger partial charge in [-0.15, -0.1) is 0 Å². The molecule has 0 aromatic heterocycles. The third kappa shape index (κ3) is 5.71. The van der Waals surface area contributed by atoms with E-state index in [-0.39, 0.29) is 23.5 Å². The number of benzene rings is 2. The molecule has 0 aliphatic rings. The lowest BCUT2D eigenvalue weighted by Crippen LogP contribution is -2.38. The van der Waals surface area contributed by atoms with Crippen LogP contribution in [0.5, 0.6) is 5.75 Å². The molecule has 0 bridgehead atoms. The molecule has 0 saturated heterocycles. The van der Waals surface area contributed by atoms with E-state index >= 15 is 0 Å². The molecular weight excluding hydrogens is 386 g/mol. The van der Waals surface area contributed by atoms with E-state index in [9.17, 15) is 13.2 Å². The van der Waals surface area contributed by atoms with Crippen LogP contribution in [0.1, 0.15) is 43.1 Å². The van der Waals surface area contributed by atoms with Crippen LogP contribution in [0.15, 0.2) is 48.5 Å². The Hall–Kier alpha value is -2.05. The molecule has 2 rings (SSSR count). The average Bonchev–Trinajstić information content (AvgIpc) is 2.65. The predicted octanol–water partition coefficient (Wildman–Crippen LogP) is 4.51. The van der Waals surface area contributed by atoms with Gasteiger partial charge in [-0.2, -0.15) is 8.42 Å². The Bertz CT molecular complexity index is 898. The van der Waals surface area contributed by atoms with Gasteiger partial charge in [-0.05, 0) is 50.1 Å². The standard InChI is InChI=1S/C20H24ClNO4S/c1-4-15(3)22(20(23)18-11-6-7-12-19(18)21)14-16-9-8-10-17(13-16)26-27(24,25)5-2/h6-13,15H,4-5,14H2,1-3H3. The van der Waals surface area contributed by atoms with Crippen LogP contribution in [-0.2, 0) is 16.7 Å². The minimum Gasteiger partial charge on any atom is -0.382 e. The van der Waals surface area contributed by atoms with Gasteiger partial charge in [-0.1, -0.05) is 42.8 Å². The lowest BCUT2D eigenvalue weighted by Gasteiger charge is -2.29. The highest BCUT2D eigenvalue weighted by Crippen LogP contribution is 2.23. The summed E-state index contributed by atoms with van der Waals surface area (Å²) in [6, 6.07) is 13.7. The molecule has 0 fully saturated rings. The maximum absolute atomic E-state index is 13.0. The lowest BCUT2D eigenvalue weighted by molar-refractivity contribution is 0.0671. The van der Waals surface area contributed by atoms with Crippen molar-refractivity contribution < 1.29 is 17.4 Å². The Morgan fingerprint density at radius 1 is 1.15 bits per heavy atom. The lowest BCUT2D eigenvalue weighted by atomic mass is 10.1. The van der Waals surface area contributed by atoms with Crippen LogP contribution in [-0.4, -0.2) is 31.0 Å². The number of amides is 1. The molecule has 5 nitrogen and oxygen atoms in total. The minimum absolute atomic E-state index is 0.0160. The quantitative estimate of drug-likeness (QED) is 0.602. The van der Waals surface area contributed by atoms with Crippen LogP contribution in [0.4, 0.5) is 0 Å². The smallest absolute Gasteiger partial charge is 0.308 e. The molecule has 146 valence electrons. The first-order chi connectivity index (χ1) is 12.8. The number of nitrogens with zero attached hydrogens (tertiary/aromatic N) is 1. The molecule has 2 aromatic carbocycles. The molecule has 0 spiro atoms. The topological polar surface area (TPSA) is 63.7 Å². The molecule has 0 radical (unpaired) electrons. The van der Waals surface area contributed by atoms with Crippen molar-refractivity contribution in [3.63, 3.8) is 0 Å². The molecular formula is C20H24ClNO4S. The van der Waals surface area contributed by atoms with Crippen molar-refractivity contribution in [2.75, 3.05) is 5.75 Å². The fourth-order valence-electron chi connectivity index (χ4n) is 2.54. The Kier molecular flexibility index (Phi) is 7.27. The molecule has 2 aromatic rings. The van der Waals surface area contributed by atoms with E-state index in [4.69, 9.17) is 15.8 Å². The van der Waals surface area contributed by atoms with Gasteiger partial charge in [-0.3, -0.25) is 4.79 Å². The van der Waals surface area contributed by atoms with E-state index in [0.29, 0.717) is 17.1 Å². The second-order valence-corrected chi connectivity index (χ2v) is 8.51. The Morgan fingerprint density at radius 2 is 1.85 bits per heavy atom. The predicted molar refractivity (Wildman–Crippen MR) is 108 cm³/mol. The van der Waals surface area contributed by atoms with Crippen molar-refractivity contribution in [3.05, 3.63) is 64.7 Å². The van der Waals surface area contributed by atoms with Crippen LogP contribution in [0, 0.1) is 0 Å². The molecule has 0 N–H and O–H groups in total. The summed E-state index contributed by atoms with van der Waals surface area (Å²) in [6.45, 7) is 5.82. The highest BCUT2D eigenvalue weighted by Gasteiger charge is 2.23. The first-order valence-electron chi connectivity index (χ1n) is 8.84. The summed E-state index contributed by atoms with van der Waals surface area (Å²) >= 11 is 6.19. The zero-order valence-electron chi connectivity index (χ0n) is 15.7. The van der Waals surface area contributed by atoms with Crippen LogP contribution < -0.4 is 4.18 Å². The third-order valence-electron chi connectivity index (χ3n) is 4.32. The van der Waals surface area contributed by atoms with Gasteiger partial charge in [0, 0.05) is 12.6 Å². The Balaban J connectivity index is 2.29. The fraction of sp³-hybridized carbons (Fsp3) is 0.350. The van der Waals surface area contributed by atoms with Gasteiger partial charge in [-0.25, -0.2) is 0 Å². The monoisotopic (exact) mass is 409 g/mol. The first-order valence-corrected chi connectivity index (χ1v) is 10.8. The van der Waals surface area contributed by atoms with Crippen LogP contribution >= 0.6 is 11.6 Å². The minimum atomic E-state index is -3.60. The van der Waals surface area contributed by atoms with Gasteiger partial charge in [0.25, 0.3) is 5.91 Å². The SMILES string of the molecule is CCC(C)N(Cc1cccc(OS(=O)(=O)CC)c1)C(=O)c1ccccc1Cl. The molecule has 7 heteroatoms. The molecule has 1 atom stereocenters. The highest BCUT2D eigenvalue weighted by molar-refractivity contribution is 7.87. The van der Waals surface area contributed by atoms with Crippen molar-refractivity contribution in [1.29, 1.82) is 0 Å². The molecule has 27 heavy (non-hydrogen) atoms. The number of carbonyl (C=O) groups excluding carboxylic acids is 1. The van der Waals surface area contributed by atoms with Gasteiger partial charge in [0.1, 0.15) is 5.75 Å².